The molecule has 0 bridgehead atoms. The maximum Gasteiger partial charge on any atom is 0.203 e. The highest BCUT2D eigenvalue weighted by molar-refractivity contribution is 7.81. The summed E-state index contributed by atoms with van der Waals surface area (Å²) >= 11 is 4.99. The van der Waals surface area contributed by atoms with Crippen molar-refractivity contribution in [2.75, 3.05) is 0 Å². The quantitative estimate of drug-likeness (QED) is 0.573. The van der Waals surface area contributed by atoms with Crippen LogP contribution in [-0.4, -0.2) is 11.4 Å². The molecule has 0 amide bonds. The highest BCUT2D eigenvalue weighted by Crippen LogP contribution is 2.49. The zero-order chi connectivity index (χ0) is 18.9. The SMILES string of the molecule is CC1(C)N=C(C(c2ccccc2)c2ccccc2)OC1(S)c1ccccc1. The van der Waals surface area contributed by atoms with E-state index in [2.05, 4.69) is 62.4 Å². The predicted molar refractivity (Wildman–Crippen MR) is 114 cm³/mol. The largest absolute Gasteiger partial charge is 0.456 e. The zero-order valence-electron chi connectivity index (χ0n) is 15.5. The minimum absolute atomic E-state index is 0.0654. The number of hydrogen-bond acceptors (Lipinski definition) is 3. The number of thiol groups is 1. The van der Waals surface area contributed by atoms with Crippen LogP contribution in [0.4, 0.5) is 0 Å². The van der Waals surface area contributed by atoms with Gasteiger partial charge >= 0.3 is 0 Å². The van der Waals surface area contributed by atoms with Crippen molar-refractivity contribution in [2.24, 2.45) is 4.99 Å². The molecule has 3 heteroatoms. The van der Waals surface area contributed by atoms with Gasteiger partial charge in [-0.25, -0.2) is 4.99 Å². The first-order valence-corrected chi connectivity index (χ1v) is 9.62. The molecule has 136 valence electrons. The van der Waals surface area contributed by atoms with Crippen molar-refractivity contribution >= 4 is 18.5 Å². The Labute approximate surface area is 166 Å². The lowest BCUT2D eigenvalue weighted by molar-refractivity contribution is 0.116. The molecule has 3 aromatic rings. The molecule has 0 radical (unpaired) electrons. The molecule has 1 aliphatic rings. The first-order valence-electron chi connectivity index (χ1n) is 9.18. The van der Waals surface area contributed by atoms with Gasteiger partial charge in [0.2, 0.25) is 4.93 Å². The van der Waals surface area contributed by atoms with E-state index in [4.69, 9.17) is 22.4 Å². The van der Waals surface area contributed by atoms with Crippen LogP contribution >= 0.6 is 12.6 Å². The molecule has 0 aromatic heterocycles. The van der Waals surface area contributed by atoms with E-state index < -0.39 is 10.5 Å². The highest BCUT2D eigenvalue weighted by atomic mass is 32.1. The smallest absolute Gasteiger partial charge is 0.203 e. The summed E-state index contributed by atoms with van der Waals surface area (Å²) in [6, 6.07) is 30.9. The Morgan fingerprint density at radius 1 is 0.741 bits per heavy atom. The summed E-state index contributed by atoms with van der Waals surface area (Å²) in [6.07, 6.45) is 0. The molecule has 0 N–H and O–H groups in total. The number of hydrogen-bond donors (Lipinski definition) is 1. The van der Waals surface area contributed by atoms with Crippen molar-refractivity contribution in [3.63, 3.8) is 0 Å². The fourth-order valence-electron chi connectivity index (χ4n) is 3.62. The van der Waals surface area contributed by atoms with Crippen molar-refractivity contribution in [2.45, 2.75) is 30.2 Å². The van der Waals surface area contributed by atoms with Crippen molar-refractivity contribution in [1.29, 1.82) is 0 Å². The summed E-state index contributed by atoms with van der Waals surface area (Å²) in [5, 5.41) is 0. The second-order valence-electron chi connectivity index (χ2n) is 7.38. The van der Waals surface area contributed by atoms with E-state index in [0.717, 1.165) is 16.7 Å². The zero-order valence-corrected chi connectivity index (χ0v) is 16.4. The Morgan fingerprint density at radius 2 is 1.19 bits per heavy atom. The van der Waals surface area contributed by atoms with Crippen molar-refractivity contribution < 1.29 is 4.74 Å². The van der Waals surface area contributed by atoms with E-state index >= 15 is 0 Å². The van der Waals surface area contributed by atoms with Gasteiger partial charge in [0.25, 0.3) is 0 Å². The number of rotatable bonds is 4. The summed E-state index contributed by atoms with van der Waals surface area (Å²) in [7, 11) is 0. The predicted octanol–water partition coefficient (Wildman–Crippen LogP) is 5.81. The third-order valence-corrected chi connectivity index (χ3v) is 6.05. The first-order chi connectivity index (χ1) is 13.0. The minimum atomic E-state index is -0.814. The molecule has 0 aliphatic carbocycles. The number of nitrogens with zero attached hydrogens (tertiary/aromatic N) is 1. The minimum Gasteiger partial charge on any atom is -0.456 e. The third kappa shape index (κ3) is 3.17. The van der Waals surface area contributed by atoms with Crippen LogP contribution in [0.3, 0.4) is 0 Å². The normalized spacial score (nSPS) is 21.0. The summed E-state index contributed by atoms with van der Waals surface area (Å²) in [6.45, 7) is 4.15. The Kier molecular flexibility index (Phi) is 4.56. The van der Waals surface area contributed by atoms with E-state index in [0.29, 0.717) is 5.90 Å². The molecule has 3 aromatic carbocycles. The molecule has 0 spiro atoms. The van der Waals surface area contributed by atoms with Gasteiger partial charge in [0.1, 0.15) is 5.54 Å². The lowest BCUT2D eigenvalue weighted by atomic mass is 9.91. The van der Waals surface area contributed by atoms with Crippen LogP contribution < -0.4 is 0 Å². The second-order valence-corrected chi connectivity index (χ2v) is 8.01. The molecule has 0 saturated carbocycles. The van der Waals surface area contributed by atoms with Crippen LogP contribution in [-0.2, 0) is 9.67 Å². The van der Waals surface area contributed by atoms with Crippen LogP contribution in [0.25, 0.3) is 0 Å². The number of benzene rings is 3. The summed E-state index contributed by atoms with van der Waals surface area (Å²) in [5.41, 5.74) is 2.82. The van der Waals surface area contributed by atoms with Gasteiger partial charge < -0.3 is 4.74 Å². The van der Waals surface area contributed by atoms with Crippen LogP contribution in [0.2, 0.25) is 0 Å². The number of ether oxygens (including phenoxy) is 1. The summed E-state index contributed by atoms with van der Waals surface area (Å²) in [5.74, 6) is 0.640. The van der Waals surface area contributed by atoms with Crippen LogP contribution in [0.5, 0.6) is 0 Å². The highest BCUT2D eigenvalue weighted by Gasteiger charge is 2.53. The van der Waals surface area contributed by atoms with Crippen LogP contribution in [0, 0.1) is 0 Å². The van der Waals surface area contributed by atoms with Gasteiger partial charge in [-0.2, -0.15) is 0 Å². The molecular weight excluding hydrogens is 350 g/mol. The van der Waals surface area contributed by atoms with Gasteiger partial charge in [-0.15, -0.1) is 12.6 Å². The topological polar surface area (TPSA) is 21.6 Å². The molecule has 2 nitrogen and oxygen atoms in total. The molecule has 1 aliphatic heterocycles. The van der Waals surface area contributed by atoms with E-state index in [1.807, 2.05) is 42.5 Å². The van der Waals surface area contributed by atoms with E-state index in [-0.39, 0.29) is 5.92 Å². The monoisotopic (exact) mass is 373 g/mol. The average Bonchev–Trinajstić information content (AvgIpc) is 2.94. The second kappa shape index (κ2) is 6.90. The first kappa shape index (κ1) is 17.9. The molecule has 1 atom stereocenters. The molecule has 1 heterocycles. The summed E-state index contributed by atoms with van der Waals surface area (Å²) in [4.78, 5) is 4.21. The fourth-order valence-corrected chi connectivity index (χ4v) is 3.91. The van der Waals surface area contributed by atoms with E-state index in [1.54, 1.807) is 0 Å². The van der Waals surface area contributed by atoms with Crippen molar-refractivity contribution in [3.8, 4) is 0 Å². The fraction of sp³-hybridized carbons (Fsp3) is 0.208. The molecule has 4 rings (SSSR count). The lowest BCUT2D eigenvalue weighted by Gasteiger charge is -2.34. The molecular formula is C24H23NOS. The van der Waals surface area contributed by atoms with E-state index in [1.165, 1.54) is 0 Å². The van der Waals surface area contributed by atoms with Gasteiger partial charge in [0.05, 0.1) is 5.92 Å². The van der Waals surface area contributed by atoms with Gasteiger partial charge in [-0.1, -0.05) is 91.0 Å². The molecule has 27 heavy (non-hydrogen) atoms. The third-order valence-electron chi connectivity index (χ3n) is 5.15. The van der Waals surface area contributed by atoms with Gasteiger partial charge in [-0.05, 0) is 25.0 Å². The Hall–Kier alpha value is -2.52. The standard InChI is InChI=1S/C24H23NOS/c1-23(2)24(27,20-16-10-5-11-17-20)26-22(25-23)21(18-12-6-3-7-13-18)19-14-8-4-9-15-19/h3-17,21,27H,1-2H3. The number of aliphatic imine (C=N–C) groups is 1. The maximum atomic E-state index is 6.54. The van der Waals surface area contributed by atoms with Gasteiger partial charge in [0, 0.05) is 5.56 Å². The van der Waals surface area contributed by atoms with Gasteiger partial charge in [0.15, 0.2) is 5.90 Å². The summed E-state index contributed by atoms with van der Waals surface area (Å²) < 4.78 is 6.54. The van der Waals surface area contributed by atoms with Gasteiger partial charge in [-0.3, -0.25) is 0 Å². The average molecular weight is 374 g/mol. The Morgan fingerprint density at radius 3 is 1.67 bits per heavy atom. The molecule has 1 unspecified atom stereocenters. The molecule has 0 fully saturated rings. The Bertz CT molecular complexity index is 898. The van der Waals surface area contributed by atoms with Crippen LogP contribution in [0.1, 0.15) is 36.5 Å². The maximum absolute atomic E-state index is 6.54. The van der Waals surface area contributed by atoms with Crippen molar-refractivity contribution in [1.82, 2.24) is 0 Å². The Balaban J connectivity index is 1.80. The molecule has 0 saturated heterocycles. The van der Waals surface area contributed by atoms with E-state index in [9.17, 15) is 0 Å². The van der Waals surface area contributed by atoms with Crippen LogP contribution in [0.15, 0.2) is 96.0 Å². The lowest BCUT2D eigenvalue weighted by Crippen LogP contribution is -2.39. The van der Waals surface area contributed by atoms with Crippen molar-refractivity contribution in [3.05, 3.63) is 108 Å².